The molecule has 0 radical (unpaired) electrons. The molecule has 1 amide bonds. The largest absolute Gasteiger partial charge is 0.481 e. The number of anilines is 1. The van der Waals surface area contributed by atoms with E-state index in [1.807, 2.05) is 13.8 Å². The minimum Gasteiger partial charge on any atom is -0.481 e. The number of amides is 1. The van der Waals surface area contributed by atoms with E-state index < -0.39 is 16.0 Å². The van der Waals surface area contributed by atoms with Gasteiger partial charge in [0.2, 0.25) is 0 Å². The van der Waals surface area contributed by atoms with Gasteiger partial charge in [-0.2, -0.15) is 0 Å². The van der Waals surface area contributed by atoms with E-state index in [0.717, 1.165) is 12.0 Å². The lowest BCUT2D eigenvalue weighted by atomic mass is 10.1. The summed E-state index contributed by atoms with van der Waals surface area (Å²) < 4.78 is 27.9. The number of carbonyl (C=O) groups is 2. The Morgan fingerprint density at radius 2 is 1.71 bits per heavy atom. The number of aryl methyl sites for hydroxylation is 1. The smallest absolute Gasteiger partial charge is 0.303 e. The summed E-state index contributed by atoms with van der Waals surface area (Å²) in [6, 6.07) is 12.4. The summed E-state index contributed by atoms with van der Waals surface area (Å²) in [6.45, 7) is 3.82. The second kappa shape index (κ2) is 9.36. The Morgan fingerprint density at radius 1 is 1.07 bits per heavy atom. The molecule has 0 bridgehead atoms. The fourth-order valence-electron chi connectivity index (χ4n) is 2.46. The molecule has 0 aliphatic heterocycles. The summed E-state index contributed by atoms with van der Waals surface area (Å²) in [7, 11) is -3.90. The summed E-state index contributed by atoms with van der Waals surface area (Å²) in [5, 5.41) is 11.5. The van der Waals surface area contributed by atoms with Crippen molar-refractivity contribution < 1.29 is 23.1 Å². The summed E-state index contributed by atoms with van der Waals surface area (Å²) >= 11 is 0. The second-order valence-corrected chi connectivity index (χ2v) is 8.15. The van der Waals surface area contributed by atoms with Crippen LogP contribution in [0, 0.1) is 0 Å². The number of nitrogens with one attached hydrogen (secondary N) is 2. The second-order valence-electron chi connectivity index (χ2n) is 6.47. The highest BCUT2D eigenvalue weighted by Crippen LogP contribution is 2.21. The van der Waals surface area contributed by atoms with Crippen molar-refractivity contribution in [3.8, 4) is 0 Å². The van der Waals surface area contributed by atoms with Crippen LogP contribution in [0.3, 0.4) is 0 Å². The zero-order chi connectivity index (χ0) is 20.7. The van der Waals surface area contributed by atoms with Gasteiger partial charge in [0.1, 0.15) is 0 Å². The molecule has 1 unspecified atom stereocenters. The van der Waals surface area contributed by atoms with Gasteiger partial charge in [0.15, 0.2) is 0 Å². The number of sulfonamides is 1. The average Bonchev–Trinajstić information content (AvgIpc) is 2.66. The van der Waals surface area contributed by atoms with E-state index in [1.54, 1.807) is 30.3 Å². The van der Waals surface area contributed by atoms with Crippen LogP contribution in [0.4, 0.5) is 5.69 Å². The standard InChI is InChI=1S/C20H24N2O5S/c1-3-14(2)21-20(25)17-6-4-5-7-18(17)22-28(26,27)16-11-8-15(9-12-16)10-13-19(23)24/h4-9,11-12,14,22H,3,10,13H2,1-2H3,(H,21,25)(H,23,24). The van der Waals surface area contributed by atoms with Crippen molar-refractivity contribution in [1.29, 1.82) is 0 Å². The van der Waals surface area contributed by atoms with Crippen LogP contribution >= 0.6 is 0 Å². The molecule has 0 aromatic heterocycles. The molecule has 0 saturated heterocycles. The van der Waals surface area contributed by atoms with Gasteiger partial charge in [-0.15, -0.1) is 0 Å². The molecule has 28 heavy (non-hydrogen) atoms. The summed E-state index contributed by atoms with van der Waals surface area (Å²) in [5.41, 5.74) is 1.16. The predicted molar refractivity (Wildman–Crippen MR) is 107 cm³/mol. The molecule has 1 atom stereocenters. The van der Waals surface area contributed by atoms with Crippen molar-refractivity contribution in [3.63, 3.8) is 0 Å². The lowest BCUT2D eigenvalue weighted by Crippen LogP contribution is -2.32. The molecule has 0 aliphatic carbocycles. The van der Waals surface area contributed by atoms with Crippen LogP contribution in [0.2, 0.25) is 0 Å². The molecule has 0 aliphatic rings. The maximum absolute atomic E-state index is 12.7. The van der Waals surface area contributed by atoms with Crippen LogP contribution in [-0.4, -0.2) is 31.4 Å². The normalized spacial score (nSPS) is 12.2. The minimum absolute atomic E-state index is 0.0248. The highest BCUT2D eigenvalue weighted by atomic mass is 32.2. The fourth-order valence-corrected chi connectivity index (χ4v) is 3.54. The maximum atomic E-state index is 12.7. The van der Waals surface area contributed by atoms with Crippen LogP contribution in [0.5, 0.6) is 0 Å². The van der Waals surface area contributed by atoms with E-state index in [-0.39, 0.29) is 34.5 Å². The molecular weight excluding hydrogens is 380 g/mol. The third kappa shape index (κ3) is 5.82. The monoisotopic (exact) mass is 404 g/mol. The first-order valence-corrected chi connectivity index (χ1v) is 10.4. The Labute approximate surface area is 164 Å². The summed E-state index contributed by atoms with van der Waals surface area (Å²) in [4.78, 5) is 23.1. The van der Waals surface area contributed by atoms with Gasteiger partial charge in [-0.3, -0.25) is 14.3 Å². The minimum atomic E-state index is -3.90. The van der Waals surface area contributed by atoms with Crippen LogP contribution in [0.1, 0.15) is 42.6 Å². The first-order chi connectivity index (χ1) is 13.2. The molecule has 0 saturated carbocycles. The van der Waals surface area contributed by atoms with Gasteiger partial charge in [0.05, 0.1) is 16.1 Å². The molecule has 7 nitrogen and oxygen atoms in total. The van der Waals surface area contributed by atoms with Crippen LogP contribution in [0.15, 0.2) is 53.4 Å². The van der Waals surface area contributed by atoms with Crippen LogP contribution < -0.4 is 10.0 Å². The van der Waals surface area contributed by atoms with E-state index in [1.165, 1.54) is 18.2 Å². The average molecular weight is 404 g/mol. The van der Waals surface area contributed by atoms with Gasteiger partial charge in [-0.25, -0.2) is 8.42 Å². The number of benzene rings is 2. The van der Waals surface area contributed by atoms with E-state index in [2.05, 4.69) is 10.0 Å². The zero-order valence-electron chi connectivity index (χ0n) is 15.8. The van der Waals surface area contributed by atoms with Gasteiger partial charge in [0.25, 0.3) is 15.9 Å². The lowest BCUT2D eigenvalue weighted by molar-refractivity contribution is -0.136. The number of rotatable bonds is 9. The van der Waals surface area contributed by atoms with E-state index >= 15 is 0 Å². The Bertz CT molecular complexity index is 939. The van der Waals surface area contributed by atoms with Gasteiger partial charge in [-0.1, -0.05) is 31.2 Å². The van der Waals surface area contributed by atoms with E-state index in [9.17, 15) is 18.0 Å². The molecule has 0 heterocycles. The van der Waals surface area contributed by atoms with E-state index in [0.29, 0.717) is 6.42 Å². The number of carboxylic acids is 1. The fraction of sp³-hybridized carbons (Fsp3) is 0.300. The molecule has 3 N–H and O–H groups in total. The highest BCUT2D eigenvalue weighted by Gasteiger charge is 2.19. The molecule has 8 heteroatoms. The Morgan fingerprint density at radius 3 is 2.32 bits per heavy atom. The van der Waals surface area contributed by atoms with Crippen molar-refractivity contribution in [2.45, 2.75) is 44.0 Å². The van der Waals surface area contributed by atoms with Crippen LogP contribution in [0.25, 0.3) is 0 Å². The van der Waals surface area contributed by atoms with Gasteiger partial charge < -0.3 is 10.4 Å². The van der Waals surface area contributed by atoms with E-state index in [4.69, 9.17) is 5.11 Å². The molecule has 2 aromatic rings. The van der Waals surface area contributed by atoms with Crippen molar-refractivity contribution in [2.24, 2.45) is 0 Å². The number of hydrogen-bond donors (Lipinski definition) is 3. The zero-order valence-corrected chi connectivity index (χ0v) is 16.6. The van der Waals surface area contributed by atoms with Crippen molar-refractivity contribution >= 4 is 27.6 Å². The number of carbonyl (C=O) groups excluding carboxylic acids is 1. The number of carboxylic acid groups (broad SMARTS) is 1. The molecule has 0 fully saturated rings. The lowest BCUT2D eigenvalue weighted by Gasteiger charge is -2.15. The predicted octanol–water partition coefficient (Wildman–Crippen LogP) is 3.03. The van der Waals surface area contributed by atoms with Crippen molar-refractivity contribution in [1.82, 2.24) is 5.32 Å². The third-order valence-corrected chi connectivity index (χ3v) is 5.65. The Balaban J connectivity index is 2.20. The SMILES string of the molecule is CCC(C)NC(=O)c1ccccc1NS(=O)(=O)c1ccc(CCC(=O)O)cc1. The Hall–Kier alpha value is -2.87. The first kappa shape index (κ1) is 21.4. The molecule has 2 aromatic carbocycles. The van der Waals surface area contributed by atoms with Gasteiger partial charge in [0, 0.05) is 12.5 Å². The molecule has 0 spiro atoms. The topological polar surface area (TPSA) is 113 Å². The highest BCUT2D eigenvalue weighted by molar-refractivity contribution is 7.92. The van der Waals surface area contributed by atoms with Gasteiger partial charge in [-0.05, 0) is 49.6 Å². The number of hydrogen-bond acceptors (Lipinski definition) is 4. The van der Waals surface area contributed by atoms with Crippen molar-refractivity contribution in [3.05, 3.63) is 59.7 Å². The summed E-state index contributed by atoms with van der Waals surface area (Å²) in [5.74, 6) is -1.26. The molecular formula is C20H24N2O5S. The van der Waals surface area contributed by atoms with Crippen LogP contribution in [-0.2, 0) is 21.2 Å². The molecule has 150 valence electrons. The summed E-state index contributed by atoms with van der Waals surface area (Å²) in [6.07, 6.45) is 1.05. The Kier molecular flexibility index (Phi) is 7.17. The quantitative estimate of drug-likeness (QED) is 0.595. The maximum Gasteiger partial charge on any atom is 0.303 e. The third-order valence-electron chi connectivity index (χ3n) is 4.27. The first-order valence-electron chi connectivity index (χ1n) is 8.96. The van der Waals surface area contributed by atoms with Crippen molar-refractivity contribution in [2.75, 3.05) is 4.72 Å². The number of para-hydroxylation sites is 1. The van der Waals surface area contributed by atoms with Gasteiger partial charge >= 0.3 is 5.97 Å². The molecule has 2 rings (SSSR count). The number of aliphatic carboxylic acids is 1.